The van der Waals surface area contributed by atoms with E-state index in [2.05, 4.69) is 4.98 Å². The molecule has 15 heavy (non-hydrogen) atoms. The summed E-state index contributed by atoms with van der Waals surface area (Å²) in [5, 5.41) is 1.02. The number of ketones is 1. The first-order valence-electron chi connectivity index (χ1n) is 5.08. The Balaban J connectivity index is 2.66. The molecule has 0 atom stereocenters. The van der Waals surface area contributed by atoms with Crippen LogP contribution in [0.2, 0.25) is 0 Å². The van der Waals surface area contributed by atoms with Crippen LogP contribution in [-0.4, -0.2) is 10.8 Å². The summed E-state index contributed by atoms with van der Waals surface area (Å²) in [6.45, 7) is 3.81. The Kier molecular flexibility index (Phi) is 2.50. The molecular formula is C13H13NO. The Bertz CT molecular complexity index is 497. The van der Waals surface area contributed by atoms with E-state index < -0.39 is 0 Å². The molecule has 0 spiro atoms. The fraction of sp³-hybridized carbons (Fsp3) is 0.231. The molecule has 2 heteroatoms. The van der Waals surface area contributed by atoms with E-state index in [9.17, 15) is 4.79 Å². The van der Waals surface area contributed by atoms with Crippen molar-refractivity contribution in [3.05, 3.63) is 42.1 Å². The predicted octanol–water partition coefficient (Wildman–Crippen LogP) is 3.07. The number of benzene rings is 1. The molecule has 0 saturated heterocycles. The summed E-state index contributed by atoms with van der Waals surface area (Å²) in [7, 11) is 0. The lowest BCUT2D eigenvalue weighted by Crippen LogP contribution is -2.08. The minimum absolute atomic E-state index is 0.0117. The third-order valence-electron chi connectivity index (χ3n) is 2.42. The monoisotopic (exact) mass is 199 g/mol. The number of aromatic nitrogens is 1. The molecule has 2 nitrogen and oxygen atoms in total. The molecule has 76 valence electrons. The molecule has 0 aliphatic rings. The van der Waals surface area contributed by atoms with E-state index in [1.807, 2.05) is 44.2 Å². The molecule has 0 saturated carbocycles. The van der Waals surface area contributed by atoms with Crippen molar-refractivity contribution in [2.24, 2.45) is 5.92 Å². The number of hydrogen-bond acceptors (Lipinski definition) is 2. The second kappa shape index (κ2) is 3.81. The molecule has 0 radical (unpaired) electrons. The van der Waals surface area contributed by atoms with Crippen molar-refractivity contribution in [1.82, 2.24) is 4.98 Å². The Labute approximate surface area is 89.0 Å². The van der Waals surface area contributed by atoms with Crippen molar-refractivity contribution in [3.63, 3.8) is 0 Å². The van der Waals surface area contributed by atoms with Crippen LogP contribution >= 0.6 is 0 Å². The minimum atomic E-state index is 0.0117. The highest BCUT2D eigenvalue weighted by molar-refractivity contribution is 6.07. The molecule has 1 aromatic carbocycles. The summed E-state index contributed by atoms with van der Waals surface area (Å²) in [5.41, 5.74) is 1.53. The molecule has 2 aromatic rings. The summed E-state index contributed by atoms with van der Waals surface area (Å²) in [6, 6.07) is 9.57. The summed E-state index contributed by atoms with van der Waals surface area (Å²) >= 11 is 0. The van der Waals surface area contributed by atoms with Crippen LogP contribution in [0.1, 0.15) is 24.2 Å². The van der Waals surface area contributed by atoms with Crippen LogP contribution in [0.25, 0.3) is 10.9 Å². The van der Waals surface area contributed by atoms with Crippen LogP contribution < -0.4 is 0 Å². The van der Waals surface area contributed by atoms with Gasteiger partial charge in [-0.05, 0) is 12.1 Å². The second-order valence-corrected chi connectivity index (χ2v) is 3.90. The number of hydrogen-bond donors (Lipinski definition) is 0. The zero-order valence-corrected chi connectivity index (χ0v) is 8.90. The van der Waals surface area contributed by atoms with E-state index in [4.69, 9.17) is 0 Å². The second-order valence-electron chi connectivity index (χ2n) is 3.90. The number of para-hydroxylation sites is 1. The van der Waals surface area contributed by atoms with E-state index in [-0.39, 0.29) is 11.7 Å². The Hall–Kier alpha value is -1.70. The summed E-state index contributed by atoms with van der Waals surface area (Å²) < 4.78 is 0. The molecule has 0 N–H and O–H groups in total. The first-order chi connectivity index (χ1) is 7.20. The zero-order chi connectivity index (χ0) is 10.8. The summed E-state index contributed by atoms with van der Waals surface area (Å²) in [4.78, 5) is 16.2. The van der Waals surface area contributed by atoms with E-state index >= 15 is 0 Å². The Morgan fingerprint density at radius 2 is 1.93 bits per heavy atom. The molecule has 2 rings (SSSR count). The van der Waals surface area contributed by atoms with Crippen molar-refractivity contribution in [3.8, 4) is 0 Å². The first-order valence-corrected chi connectivity index (χ1v) is 5.08. The van der Waals surface area contributed by atoms with Crippen LogP contribution in [-0.2, 0) is 0 Å². The number of carbonyl (C=O) groups is 1. The fourth-order valence-corrected chi connectivity index (χ4v) is 1.61. The van der Waals surface area contributed by atoms with Crippen molar-refractivity contribution < 1.29 is 4.79 Å². The maximum Gasteiger partial charge on any atom is 0.167 e. The van der Waals surface area contributed by atoms with Gasteiger partial charge in [0.2, 0.25) is 0 Å². The van der Waals surface area contributed by atoms with Gasteiger partial charge in [-0.25, -0.2) is 0 Å². The normalized spacial score (nSPS) is 10.9. The van der Waals surface area contributed by atoms with Crippen molar-refractivity contribution in [2.75, 3.05) is 0 Å². The molecule has 1 aromatic heterocycles. The molecule has 0 bridgehead atoms. The van der Waals surface area contributed by atoms with E-state index in [0.29, 0.717) is 0 Å². The SMILES string of the molecule is CC(C)C(=O)c1cccc2cccnc12. The maximum atomic E-state index is 11.9. The van der Waals surface area contributed by atoms with Gasteiger partial charge in [0.1, 0.15) is 0 Å². The zero-order valence-electron chi connectivity index (χ0n) is 8.90. The van der Waals surface area contributed by atoms with E-state index in [0.717, 1.165) is 16.5 Å². The topological polar surface area (TPSA) is 30.0 Å². The number of rotatable bonds is 2. The van der Waals surface area contributed by atoms with Gasteiger partial charge in [-0.3, -0.25) is 9.78 Å². The fourth-order valence-electron chi connectivity index (χ4n) is 1.61. The molecule has 0 aliphatic heterocycles. The minimum Gasteiger partial charge on any atom is -0.294 e. The molecule has 0 fully saturated rings. The highest BCUT2D eigenvalue weighted by Crippen LogP contribution is 2.18. The highest BCUT2D eigenvalue weighted by Gasteiger charge is 2.13. The van der Waals surface area contributed by atoms with Gasteiger partial charge in [0.25, 0.3) is 0 Å². The third-order valence-corrected chi connectivity index (χ3v) is 2.42. The van der Waals surface area contributed by atoms with Gasteiger partial charge in [-0.1, -0.05) is 32.0 Å². The third kappa shape index (κ3) is 1.75. The summed E-state index contributed by atoms with van der Waals surface area (Å²) in [6.07, 6.45) is 1.72. The van der Waals surface area contributed by atoms with Crippen LogP contribution in [0.5, 0.6) is 0 Å². The largest absolute Gasteiger partial charge is 0.294 e. The number of fused-ring (bicyclic) bond motifs is 1. The average molecular weight is 199 g/mol. The van der Waals surface area contributed by atoms with Gasteiger partial charge in [-0.2, -0.15) is 0 Å². The lowest BCUT2D eigenvalue weighted by molar-refractivity contribution is 0.0941. The molecule has 1 heterocycles. The Morgan fingerprint density at radius 3 is 2.67 bits per heavy atom. The first kappa shape index (κ1) is 9.84. The van der Waals surface area contributed by atoms with Gasteiger partial charge < -0.3 is 0 Å². The molecular weight excluding hydrogens is 186 g/mol. The van der Waals surface area contributed by atoms with Gasteiger partial charge in [-0.15, -0.1) is 0 Å². The van der Waals surface area contributed by atoms with Crippen molar-refractivity contribution in [2.45, 2.75) is 13.8 Å². The quantitative estimate of drug-likeness (QED) is 0.696. The van der Waals surface area contributed by atoms with Crippen LogP contribution in [0.15, 0.2) is 36.5 Å². The van der Waals surface area contributed by atoms with Crippen molar-refractivity contribution in [1.29, 1.82) is 0 Å². The molecule has 0 unspecified atom stereocenters. The smallest absolute Gasteiger partial charge is 0.167 e. The van der Waals surface area contributed by atoms with E-state index in [1.54, 1.807) is 6.20 Å². The Morgan fingerprint density at radius 1 is 1.20 bits per heavy atom. The van der Waals surface area contributed by atoms with Crippen LogP contribution in [0.4, 0.5) is 0 Å². The molecule has 0 aliphatic carbocycles. The van der Waals surface area contributed by atoms with Crippen LogP contribution in [0, 0.1) is 5.92 Å². The van der Waals surface area contributed by atoms with Gasteiger partial charge >= 0.3 is 0 Å². The summed E-state index contributed by atoms with van der Waals surface area (Å²) in [5.74, 6) is 0.164. The van der Waals surface area contributed by atoms with E-state index in [1.165, 1.54) is 0 Å². The number of nitrogens with zero attached hydrogens (tertiary/aromatic N) is 1. The number of carbonyl (C=O) groups excluding carboxylic acids is 1. The average Bonchev–Trinajstić information content (AvgIpc) is 2.27. The van der Waals surface area contributed by atoms with Crippen LogP contribution in [0.3, 0.4) is 0 Å². The molecule has 0 amide bonds. The van der Waals surface area contributed by atoms with Gasteiger partial charge in [0.15, 0.2) is 5.78 Å². The van der Waals surface area contributed by atoms with Gasteiger partial charge in [0.05, 0.1) is 5.52 Å². The lowest BCUT2D eigenvalue weighted by Gasteiger charge is -2.06. The predicted molar refractivity (Wildman–Crippen MR) is 60.9 cm³/mol. The standard InChI is InChI=1S/C13H13NO/c1-9(2)13(15)11-7-3-5-10-6-4-8-14-12(10)11/h3-9H,1-2H3. The lowest BCUT2D eigenvalue weighted by atomic mass is 9.98. The maximum absolute atomic E-state index is 11.9. The van der Waals surface area contributed by atoms with Gasteiger partial charge in [0, 0.05) is 23.1 Å². The highest BCUT2D eigenvalue weighted by atomic mass is 16.1. The van der Waals surface area contributed by atoms with Crippen molar-refractivity contribution >= 4 is 16.7 Å². The number of pyridine rings is 1. The number of Topliss-reactive ketones (excluding diaryl/α,β-unsaturated/α-hetero) is 1.